The van der Waals surface area contributed by atoms with E-state index in [4.69, 9.17) is 4.74 Å². The Labute approximate surface area is 153 Å². The zero-order valence-corrected chi connectivity index (χ0v) is 15.1. The lowest BCUT2D eigenvalue weighted by molar-refractivity contribution is 0.102. The van der Waals surface area contributed by atoms with Gasteiger partial charge in [-0.05, 0) is 29.6 Å². The molecule has 0 aliphatic carbocycles. The molecule has 0 radical (unpaired) electrons. The van der Waals surface area contributed by atoms with Gasteiger partial charge in [0.15, 0.2) is 0 Å². The maximum Gasteiger partial charge on any atom is 0.275 e. The van der Waals surface area contributed by atoms with Gasteiger partial charge in [-0.3, -0.25) is 4.79 Å². The zero-order valence-electron chi connectivity index (χ0n) is 13.5. The molecule has 7 heteroatoms. The second-order valence-electron chi connectivity index (χ2n) is 5.62. The number of hydrogen-bond donors (Lipinski definition) is 1. The summed E-state index contributed by atoms with van der Waals surface area (Å²) in [6.45, 7) is 3.21. The molecule has 1 fully saturated rings. The molecule has 1 aromatic carbocycles. The van der Waals surface area contributed by atoms with Crippen LogP contribution < -0.4 is 10.2 Å². The Morgan fingerprint density at radius 1 is 1.16 bits per heavy atom. The zero-order chi connectivity index (χ0) is 17.1. The Morgan fingerprint density at radius 2 is 2.04 bits per heavy atom. The molecule has 0 spiro atoms. The highest BCUT2D eigenvalue weighted by Crippen LogP contribution is 2.28. The smallest absolute Gasteiger partial charge is 0.275 e. The van der Waals surface area contributed by atoms with Gasteiger partial charge >= 0.3 is 0 Å². The third-order valence-electron chi connectivity index (χ3n) is 3.95. The Balaban J connectivity index is 1.47. The monoisotopic (exact) mass is 371 g/mol. The molecular weight excluding hydrogens is 354 g/mol. The van der Waals surface area contributed by atoms with E-state index in [9.17, 15) is 4.79 Å². The minimum absolute atomic E-state index is 0.182. The van der Waals surface area contributed by atoms with Crippen LogP contribution in [-0.2, 0) is 4.74 Å². The fourth-order valence-corrected chi connectivity index (χ4v) is 4.30. The van der Waals surface area contributed by atoms with Gasteiger partial charge in [-0.15, -0.1) is 22.7 Å². The number of ether oxygens (including phenoxy) is 1. The summed E-state index contributed by atoms with van der Waals surface area (Å²) in [5, 5.41) is 7.63. The molecule has 25 heavy (non-hydrogen) atoms. The molecule has 3 heterocycles. The summed E-state index contributed by atoms with van der Waals surface area (Å²) in [5.74, 6) is -0.182. The number of amides is 1. The number of benzene rings is 1. The topological polar surface area (TPSA) is 54.5 Å². The van der Waals surface area contributed by atoms with E-state index in [-0.39, 0.29) is 5.91 Å². The molecule has 1 saturated heterocycles. The highest BCUT2D eigenvalue weighted by atomic mass is 32.1. The first kappa shape index (κ1) is 16.3. The number of nitrogens with one attached hydrogen (secondary N) is 1. The number of hydrogen-bond acceptors (Lipinski definition) is 6. The highest BCUT2D eigenvalue weighted by Gasteiger charge is 2.14. The highest BCUT2D eigenvalue weighted by molar-refractivity contribution is 7.20. The summed E-state index contributed by atoms with van der Waals surface area (Å²) < 4.78 is 5.39. The van der Waals surface area contributed by atoms with Crippen molar-refractivity contribution in [1.82, 2.24) is 4.98 Å². The maximum absolute atomic E-state index is 12.5. The van der Waals surface area contributed by atoms with Crippen LogP contribution in [0.2, 0.25) is 0 Å². The van der Waals surface area contributed by atoms with Crippen LogP contribution in [0.25, 0.3) is 9.88 Å². The molecule has 1 aliphatic heterocycles. The average molecular weight is 371 g/mol. The van der Waals surface area contributed by atoms with Crippen molar-refractivity contribution in [2.45, 2.75) is 0 Å². The van der Waals surface area contributed by atoms with Gasteiger partial charge in [-0.25, -0.2) is 4.98 Å². The second kappa shape index (κ2) is 7.35. The fraction of sp³-hybridized carbons (Fsp3) is 0.222. The first-order valence-corrected chi connectivity index (χ1v) is 9.79. The number of rotatable bonds is 4. The Bertz CT molecular complexity index is 855. The van der Waals surface area contributed by atoms with Gasteiger partial charge in [0, 0.05) is 29.8 Å². The van der Waals surface area contributed by atoms with E-state index in [1.54, 1.807) is 16.7 Å². The molecule has 0 atom stereocenters. The number of morpholine rings is 1. The van der Waals surface area contributed by atoms with Crippen molar-refractivity contribution in [3.8, 4) is 9.88 Å². The number of nitrogens with zero attached hydrogens (tertiary/aromatic N) is 2. The van der Waals surface area contributed by atoms with E-state index >= 15 is 0 Å². The van der Waals surface area contributed by atoms with Crippen molar-refractivity contribution >= 4 is 40.0 Å². The minimum Gasteiger partial charge on any atom is -0.378 e. The predicted octanol–water partition coefficient (Wildman–Crippen LogP) is 3.96. The predicted molar refractivity (Wildman–Crippen MR) is 103 cm³/mol. The molecule has 2 aromatic heterocycles. The molecule has 4 rings (SSSR count). The average Bonchev–Trinajstić information content (AvgIpc) is 3.34. The number of thiophene rings is 1. The van der Waals surface area contributed by atoms with Crippen LogP contribution in [-0.4, -0.2) is 37.2 Å². The van der Waals surface area contributed by atoms with Crippen molar-refractivity contribution < 1.29 is 9.53 Å². The maximum atomic E-state index is 12.5. The number of thiazole rings is 1. The summed E-state index contributed by atoms with van der Waals surface area (Å²) in [6, 6.07) is 11.9. The molecule has 5 nitrogen and oxygen atoms in total. The molecule has 3 aromatic rings. The molecule has 1 amide bonds. The van der Waals surface area contributed by atoms with E-state index in [1.807, 2.05) is 35.7 Å². The summed E-state index contributed by atoms with van der Waals surface area (Å²) in [4.78, 5) is 20.3. The third kappa shape index (κ3) is 3.73. The Morgan fingerprint density at radius 3 is 2.84 bits per heavy atom. The first-order chi connectivity index (χ1) is 12.3. The number of carbonyl (C=O) groups is 1. The molecular formula is C18H17N3O2S2. The molecule has 128 valence electrons. The molecule has 0 bridgehead atoms. The van der Waals surface area contributed by atoms with Crippen molar-refractivity contribution in [1.29, 1.82) is 0 Å². The van der Waals surface area contributed by atoms with Crippen LogP contribution in [0.15, 0.2) is 47.2 Å². The van der Waals surface area contributed by atoms with E-state index in [2.05, 4.69) is 21.3 Å². The summed E-state index contributed by atoms with van der Waals surface area (Å²) >= 11 is 3.11. The van der Waals surface area contributed by atoms with E-state index < -0.39 is 0 Å². The minimum atomic E-state index is -0.182. The van der Waals surface area contributed by atoms with Gasteiger partial charge < -0.3 is 15.0 Å². The number of aromatic nitrogens is 1. The third-order valence-corrected chi connectivity index (χ3v) is 5.83. The van der Waals surface area contributed by atoms with Crippen molar-refractivity contribution in [3.05, 3.63) is 52.9 Å². The van der Waals surface area contributed by atoms with Gasteiger partial charge in [0.05, 0.1) is 18.1 Å². The molecule has 0 saturated carbocycles. The van der Waals surface area contributed by atoms with Crippen LogP contribution >= 0.6 is 22.7 Å². The lowest BCUT2D eigenvalue weighted by Crippen LogP contribution is -2.36. The van der Waals surface area contributed by atoms with Gasteiger partial charge in [0.2, 0.25) is 0 Å². The summed E-state index contributed by atoms with van der Waals surface area (Å²) in [5.41, 5.74) is 2.32. The van der Waals surface area contributed by atoms with E-state index in [1.165, 1.54) is 11.3 Å². The largest absolute Gasteiger partial charge is 0.378 e. The number of carbonyl (C=O) groups excluding carboxylic acids is 1. The quantitative estimate of drug-likeness (QED) is 0.754. The van der Waals surface area contributed by atoms with Crippen molar-refractivity contribution in [2.75, 3.05) is 36.5 Å². The summed E-state index contributed by atoms with van der Waals surface area (Å²) in [6.07, 6.45) is 0. The first-order valence-electron chi connectivity index (χ1n) is 8.03. The Kier molecular flexibility index (Phi) is 4.78. The van der Waals surface area contributed by atoms with Crippen LogP contribution in [0.5, 0.6) is 0 Å². The van der Waals surface area contributed by atoms with Crippen LogP contribution in [0.3, 0.4) is 0 Å². The SMILES string of the molecule is O=C(Nc1cccc(N2CCOCC2)c1)c1csc(-c2cccs2)n1. The van der Waals surface area contributed by atoms with Gasteiger partial charge in [0.25, 0.3) is 5.91 Å². The van der Waals surface area contributed by atoms with Crippen molar-refractivity contribution in [2.24, 2.45) is 0 Å². The van der Waals surface area contributed by atoms with E-state index in [0.717, 1.165) is 47.6 Å². The van der Waals surface area contributed by atoms with Crippen molar-refractivity contribution in [3.63, 3.8) is 0 Å². The molecule has 0 unspecified atom stereocenters. The lowest BCUT2D eigenvalue weighted by atomic mass is 10.2. The van der Waals surface area contributed by atoms with Crippen LogP contribution in [0, 0.1) is 0 Å². The lowest BCUT2D eigenvalue weighted by Gasteiger charge is -2.29. The van der Waals surface area contributed by atoms with Gasteiger partial charge in [0.1, 0.15) is 10.7 Å². The van der Waals surface area contributed by atoms with Gasteiger partial charge in [-0.1, -0.05) is 12.1 Å². The standard InChI is InChI=1S/C18H17N3O2S2/c22-17(15-12-25-18(20-15)16-5-2-10-24-16)19-13-3-1-4-14(11-13)21-6-8-23-9-7-21/h1-5,10-12H,6-9H2,(H,19,22). The summed E-state index contributed by atoms with van der Waals surface area (Å²) in [7, 11) is 0. The molecule has 1 N–H and O–H groups in total. The Hall–Kier alpha value is -2.22. The van der Waals surface area contributed by atoms with E-state index in [0.29, 0.717) is 5.69 Å². The van der Waals surface area contributed by atoms with Crippen LogP contribution in [0.1, 0.15) is 10.5 Å². The molecule has 1 aliphatic rings. The number of anilines is 2. The van der Waals surface area contributed by atoms with Crippen LogP contribution in [0.4, 0.5) is 11.4 Å². The fourth-order valence-electron chi connectivity index (χ4n) is 2.69. The second-order valence-corrected chi connectivity index (χ2v) is 7.42. The normalized spacial score (nSPS) is 14.5. The van der Waals surface area contributed by atoms with Gasteiger partial charge in [-0.2, -0.15) is 0 Å².